The van der Waals surface area contributed by atoms with Crippen molar-refractivity contribution in [2.45, 2.75) is 36.6 Å². The van der Waals surface area contributed by atoms with E-state index in [1.807, 2.05) is 0 Å². The molecule has 0 bridgehead atoms. The van der Waals surface area contributed by atoms with Crippen molar-refractivity contribution in [2.75, 3.05) is 9.80 Å². The zero-order valence-electron chi connectivity index (χ0n) is 46.3. The van der Waals surface area contributed by atoms with Gasteiger partial charge in [0.1, 0.15) is 0 Å². The summed E-state index contributed by atoms with van der Waals surface area (Å²) in [7, 11) is 0. The maximum atomic E-state index is 4.82. The summed E-state index contributed by atoms with van der Waals surface area (Å²) in [6, 6.07) is 76.0. The first-order valence-electron chi connectivity index (χ1n) is 29.5. The second-order valence-electron chi connectivity index (χ2n) is 23.4. The molecule has 392 valence electrons. The Kier molecular flexibility index (Phi) is 10.5. The first-order chi connectivity index (χ1) is 41.0. The van der Waals surface area contributed by atoms with E-state index in [2.05, 4.69) is 302 Å². The van der Waals surface area contributed by atoms with Crippen LogP contribution < -0.4 is 9.80 Å². The van der Waals surface area contributed by atoms with Crippen molar-refractivity contribution in [1.82, 2.24) is 0 Å². The van der Waals surface area contributed by atoms with Crippen molar-refractivity contribution < 1.29 is 0 Å². The summed E-state index contributed by atoms with van der Waals surface area (Å²) in [5, 5.41) is 0. The van der Waals surface area contributed by atoms with Gasteiger partial charge in [-0.2, -0.15) is 0 Å². The van der Waals surface area contributed by atoms with Crippen LogP contribution in [0, 0.1) is 5.92 Å². The van der Waals surface area contributed by atoms with Crippen LogP contribution in [0.15, 0.2) is 290 Å². The molecule has 6 aliphatic carbocycles. The van der Waals surface area contributed by atoms with Gasteiger partial charge in [-0.15, -0.1) is 0 Å². The van der Waals surface area contributed by atoms with Crippen molar-refractivity contribution in [3.05, 3.63) is 357 Å². The van der Waals surface area contributed by atoms with Crippen LogP contribution in [0.3, 0.4) is 0 Å². The van der Waals surface area contributed by atoms with Crippen LogP contribution in [0.5, 0.6) is 0 Å². The third-order valence-corrected chi connectivity index (χ3v) is 19.4. The Morgan fingerprint density at radius 1 is 0.470 bits per heavy atom. The van der Waals surface area contributed by atoms with Crippen molar-refractivity contribution in [2.24, 2.45) is 5.92 Å². The molecule has 2 spiro atoms. The maximum Gasteiger partial charge on any atom is 0.0726 e. The Hall–Kier alpha value is -10.0. The summed E-state index contributed by atoms with van der Waals surface area (Å²) in [5.74, 6) is 0.243. The van der Waals surface area contributed by atoms with Crippen LogP contribution in [-0.4, -0.2) is 6.04 Å². The fourth-order valence-electron chi connectivity index (χ4n) is 15.9. The molecule has 9 aromatic rings. The minimum Gasteiger partial charge on any atom is -0.333 e. The number of hydrogen-bond acceptors (Lipinski definition) is 2. The fourth-order valence-corrected chi connectivity index (χ4v) is 15.9. The first-order valence-corrected chi connectivity index (χ1v) is 29.5. The lowest BCUT2D eigenvalue weighted by Gasteiger charge is -2.37. The van der Waals surface area contributed by atoms with E-state index in [-0.39, 0.29) is 12.0 Å². The van der Waals surface area contributed by atoms with Crippen molar-refractivity contribution >= 4 is 46.9 Å². The number of nitrogens with zero attached hydrogens (tertiary/aromatic N) is 2. The Labute approximate surface area is 486 Å². The quantitative estimate of drug-likeness (QED) is 0.121. The van der Waals surface area contributed by atoms with Crippen LogP contribution in [-0.2, 0) is 10.8 Å². The molecule has 83 heavy (non-hydrogen) atoms. The lowest BCUT2D eigenvalue weighted by molar-refractivity contribution is 0.668. The van der Waals surface area contributed by atoms with Crippen molar-refractivity contribution in [3.8, 4) is 33.4 Å². The van der Waals surface area contributed by atoms with Crippen molar-refractivity contribution in [1.29, 1.82) is 0 Å². The number of hydrogen-bond donors (Lipinski definition) is 0. The monoisotopic (exact) mass is 1060 g/mol. The molecule has 2 heteroatoms. The van der Waals surface area contributed by atoms with Gasteiger partial charge in [0, 0.05) is 28.7 Å². The predicted molar refractivity (Wildman–Crippen MR) is 347 cm³/mol. The molecule has 0 fully saturated rings. The topological polar surface area (TPSA) is 6.48 Å². The summed E-state index contributed by atoms with van der Waals surface area (Å²) in [4.78, 5) is 4.99. The normalized spacial score (nSPS) is 18.8. The van der Waals surface area contributed by atoms with Crippen LogP contribution in [0.25, 0.3) is 63.3 Å². The molecule has 17 rings (SSSR count). The molecule has 2 aliphatic heterocycles. The van der Waals surface area contributed by atoms with Gasteiger partial charge in [-0.05, 0) is 179 Å². The molecular weight excluding hydrogens is 1000 g/mol. The summed E-state index contributed by atoms with van der Waals surface area (Å²) in [5.41, 5.74) is 31.9. The fraction of sp³-hybridized carbons (Fsp3) is 0.0864. The van der Waals surface area contributed by atoms with Crippen LogP contribution >= 0.6 is 0 Å². The average molecular weight is 1060 g/mol. The standard InChI is InChI=1S/C81H58N2/c1-52(82-76-31-15-3-19-56(76)40-41-57-20-4-16-32-77(57)82)35-45-61-53(2)80(69-27-11-7-23-62(69)63-24-8-12-28-70(63)80)73-49-54(38-46-66(61)73)36-37-55-39-47-67-68-48-44-60(83-78-33-17-5-21-58(78)42-43-59-22-6-18-34-79(59)83)51-75(68)81(74(67)50-55)71-29-13-9-25-64(71)65-26-10-14-30-72(65)81/h3-15,17-31,33-51,58,78H,1,16,32H2,2H3/b37-36+,45-35-/t58?,78-/m1/s1. The number of para-hydroxylation sites is 2. The molecule has 2 nitrogen and oxygen atoms in total. The molecule has 0 aromatic heterocycles. The van der Waals surface area contributed by atoms with E-state index < -0.39 is 10.8 Å². The third-order valence-electron chi connectivity index (χ3n) is 19.4. The maximum absolute atomic E-state index is 4.82. The molecule has 0 radical (unpaired) electrons. The van der Waals surface area contributed by atoms with E-state index in [1.165, 1.54) is 140 Å². The van der Waals surface area contributed by atoms with E-state index in [4.69, 9.17) is 6.58 Å². The summed E-state index contributed by atoms with van der Waals surface area (Å²) in [6.07, 6.45) is 34.2. The highest BCUT2D eigenvalue weighted by Crippen LogP contribution is 2.65. The molecular formula is C81H58N2. The number of rotatable bonds is 6. The SMILES string of the molecule is C=C(/C=C\C1=C(C)C2(c3cc(/C=C/c4ccc5c(c4)C4(c6ccccc6-c6ccccc64)c4cc(N6c7ccccc7C=CC7C=CC=C[C@H]76)ccc4-5)ccc31)c1ccccc1-c1ccccc12)N1C2=C(C=CCC2)C=Cc2ccccc21. The highest BCUT2D eigenvalue weighted by atomic mass is 15.2. The van der Waals surface area contributed by atoms with Gasteiger partial charge in [0.2, 0.25) is 0 Å². The molecule has 1 unspecified atom stereocenters. The molecule has 9 aromatic carbocycles. The van der Waals surface area contributed by atoms with E-state index in [0.717, 1.165) is 18.5 Å². The molecule has 0 N–H and O–H groups in total. The van der Waals surface area contributed by atoms with E-state index in [0.29, 0.717) is 0 Å². The lowest BCUT2D eigenvalue weighted by Crippen LogP contribution is -2.35. The number of anilines is 3. The Bertz CT molecular complexity index is 4540. The third kappa shape index (κ3) is 6.72. The summed E-state index contributed by atoms with van der Waals surface area (Å²) < 4.78 is 0. The van der Waals surface area contributed by atoms with Gasteiger partial charge >= 0.3 is 0 Å². The second-order valence-corrected chi connectivity index (χ2v) is 23.4. The number of allylic oxidation sites excluding steroid dienone is 11. The predicted octanol–water partition coefficient (Wildman–Crippen LogP) is 19.8. The first kappa shape index (κ1) is 47.8. The Morgan fingerprint density at radius 3 is 1.67 bits per heavy atom. The van der Waals surface area contributed by atoms with Gasteiger partial charge in [0.15, 0.2) is 0 Å². The van der Waals surface area contributed by atoms with Gasteiger partial charge in [-0.3, -0.25) is 0 Å². The van der Waals surface area contributed by atoms with E-state index in [1.54, 1.807) is 0 Å². The number of fused-ring (bicyclic) bond motifs is 20. The van der Waals surface area contributed by atoms with Gasteiger partial charge in [-0.1, -0.05) is 249 Å². The molecule has 0 saturated heterocycles. The highest BCUT2D eigenvalue weighted by Gasteiger charge is 2.53. The molecule has 0 saturated carbocycles. The lowest BCUT2D eigenvalue weighted by atomic mass is 9.70. The minimum absolute atomic E-state index is 0.138. The Balaban J connectivity index is 0.793. The second kappa shape index (κ2) is 18.2. The average Bonchev–Trinajstić information content (AvgIpc) is 1.66. The van der Waals surface area contributed by atoms with Gasteiger partial charge in [0.05, 0.1) is 22.6 Å². The molecule has 2 atom stereocenters. The zero-order valence-corrected chi connectivity index (χ0v) is 46.3. The van der Waals surface area contributed by atoms with Crippen molar-refractivity contribution in [3.63, 3.8) is 0 Å². The smallest absolute Gasteiger partial charge is 0.0726 e. The van der Waals surface area contributed by atoms with Crippen LogP contribution in [0.1, 0.15) is 86.5 Å². The van der Waals surface area contributed by atoms with E-state index >= 15 is 0 Å². The summed E-state index contributed by atoms with van der Waals surface area (Å²) in [6.45, 7) is 7.19. The van der Waals surface area contributed by atoms with Gasteiger partial charge in [0.25, 0.3) is 0 Å². The zero-order chi connectivity index (χ0) is 55.0. The largest absolute Gasteiger partial charge is 0.333 e. The number of benzene rings is 9. The minimum atomic E-state index is -0.523. The summed E-state index contributed by atoms with van der Waals surface area (Å²) >= 11 is 0. The van der Waals surface area contributed by atoms with Crippen LogP contribution in [0.4, 0.5) is 17.1 Å². The van der Waals surface area contributed by atoms with Gasteiger partial charge in [-0.25, -0.2) is 0 Å². The van der Waals surface area contributed by atoms with E-state index in [9.17, 15) is 0 Å². The Morgan fingerprint density at radius 2 is 1.00 bits per heavy atom. The molecule has 2 heterocycles. The highest BCUT2D eigenvalue weighted by molar-refractivity contribution is 5.99. The van der Waals surface area contributed by atoms with Crippen LogP contribution in [0.2, 0.25) is 0 Å². The van der Waals surface area contributed by atoms with Gasteiger partial charge < -0.3 is 9.80 Å². The molecule has 8 aliphatic rings. The molecule has 0 amide bonds.